The summed E-state index contributed by atoms with van der Waals surface area (Å²) in [7, 11) is 1.29. The molecule has 0 spiro atoms. The molecule has 30 heavy (non-hydrogen) atoms. The quantitative estimate of drug-likeness (QED) is 0.399. The Bertz CT molecular complexity index is 1060. The fourth-order valence-corrected chi connectivity index (χ4v) is 3.20. The van der Waals surface area contributed by atoms with Gasteiger partial charge in [-0.05, 0) is 42.8 Å². The number of benzene rings is 2. The average Bonchev–Trinajstić information content (AvgIpc) is 3.21. The van der Waals surface area contributed by atoms with Crippen molar-refractivity contribution < 1.29 is 19.1 Å². The summed E-state index contributed by atoms with van der Waals surface area (Å²) in [6.45, 7) is 2.10. The zero-order chi connectivity index (χ0) is 21.5. The fourth-order valence-electron chi connectivity index (χ4n) is 2.46. The average molecular weight is 447 g/mol. The zero-order valence-electron chi connectivity index (χ0n) is 16.3. The molecule has 0 saturated heterocycles. The molecule has 3 aromatic rings. The van der Waals surface area contributed by atoms with Gasteiger partial charge >= 0.3 is 5.97 Å². The predicted octanol–water partition coefficient (Wildman–Crippen LogP) is 3.86. The van der Waals surface area contributed by atoms with Crippen molar-refractivity contribution >= 4 is 40.9 Å². The van der Waals surface area contributed by atoms with E-state index in [0.717, 1.165) is 17.3 Å². The van der Waals surface area contributed by atoms with Crippen LogP contribution in [0.3, 0.4) is 0 Å². The van der Waals surface area contributed by atoms with Crippen molar-refractivity contribution in [2.75, 3.05) is 18.2 Å². The number of para-hydroxylation sites is 1. The van der Waals surface area contributed by atoms with Crippen LogP contribution in [0.5, 0.6) is 5.75 Å². The van der Waals surface area contributed by atoms with Gasteiger partial charge in [0.15, 0.2) is 5.82 Å². The Morgan fingerprint density at radius 3 is 2.80 bits per heavy atom. The molecule has 1 amide bonds. The molecule has 2 aromatic carbocycles. The lowest BCUT2D eigenvalue weighted by Gasteiger charge is -2.08. The van der Waals surface area contributed by atoms with Crippen LogP contribution in [0.25, 0.3) is 0 Å². The standard InChI is InChI=1S/C20H19ClN4O4S/c1-12-9-13(7-8-15(12)21)29-10-17-23-20(25-24-17)30-11-18(26)22-16-6-4-3-5-14(16)19(27)28-2/h3-9H,10-11H2,1-2H3,(H,22,26)(H,23,24,25). The Hall–Kier alpha value is -3.04. The minimum absolute atomic E-state index is 0.0734. The summed E-state index contributed by atoms with van der Waals surface area (Å²) in [6, 6.07) is 12.0. The number of H-pyrrole nitrogens is 1. The number of hydrogen-bond donors (Lipinski definition) is 2. The Balaban J connectivity index is 1.51. The Kier molecular flexibility index (Phi) is 7.31. The Labute approximate surface area is 182 Å². The number of nitrogens with zero attached hydrogens (tertiary/aromatic N) is 2. The van der Waals surface area contributed by atoms with Gasteiger partial charge in [0.05, 0.1) is 24.1 Å². The minimum Gasteiger partial charge on any atom is -0.486 e. The zero-order valence-corrected chi connectivity index (χ0v) is 17.8. The van der Waals surface area contributed by atoms with Crippen LogP contribution >= 0.6 is 23.4 Å². The summed E-state index contributed by atoms with van der Waals surface area (Å²) in [5, 5.41) is 10.6. The van der Waals surface area contributed by atoms with Gasteiger partial charge in [-0.15, -0.1) is 5.10 Å². The first kappa shape index (κ1) is 21.7. The minimum atomic E-state index is -0.520. The first-order chi connectivity index (χ1) is 14.5. The summed E-state index contributed by atoms with van der Waals surface area (Å²) in [5.74, 6) is 0.459. The number of nitrogens with one attached hydrogen (secondary N) is 2. The maximum absolute atomic E-state index is 12.2. The number of thioether (sulfide) groups is 1. The second kappa shape index (κ2) is 10.1. The normalized spacial score (nSPS) is 10.5. The van der Waals surface area contributed by atoms with E-state index in [1.165, 1.54) is 7.11 Å². The van der Waals surface area contributed by atoms with Crippen molar-refractivity contribution in [3.63, 3.8) is 0 Å². The molecule has 156 valence electrons. The van der Waals surface area contributed by atoms with Crippen LogP contribution in [0.4, 0.5) is 5.69 Å². The van der Waals surface area contributed by atoms with Crippen LogP contribution in [0, 0.1) is 6.92 Å². The van der Waals surface area contributed by atoms with E-state index < -0.39 is 5.97 Å². The fraction of sp³-hybridized carbons (Fsp3) is 0.200. The smallest absolute Gasteiger partial charge is 0.339 e. The van der Waals surface area contributed by atoms with Gasteiger partial charge in [-0.25, -0.2) is 9.78 Å². The van der Waals surface area contributed by atoms with Crippen LogP contribution in [0.2, 0.25) is 5.02 Å². The summed E-state index contributed by atoms with van der Waals surface area (Å²) >= 11 is 7.16. The molecule has 0 aliphatic rings. The van der Waals surface area contributed by atoms with Crippen LogP contribution < -0.4 is 10.1 Å². The number of aromatic nitrogens is 3. The van der Waals surface area contributed by atoms with Crippen LogP contribution in [0.1, 0.15) is 21.7 Å². The summed E-state index contributed by atoms with van der Waals surface area (Å²) in [5.41, 5.74) is 1.59. The number of hydrogen-bond acceptors (Lipinski definition) is 7. The molecule has 2 N–H and O–H groups in total. The molecule has 0 aliphatic carbocycles. The Morgan fingerprint density at radius 1 is 1.23 bits per heavy atom. The van der Waals surface area contributed by atoms with Crippen molar-refractivity contribution in [3.8, 4) is 5.75 Å². The number of rotatable bonds is 8. The molecule has 0 unspecified atom stereocenters. The maximum Gasteiger partial charge on any atom is 0.339 e. The lowest BCUT2D eigenvalue weighted by molar-refractivity contribution is -0.113. The van der Waals surface area contributed by atoms with Crippen molar-refractivity contribution in [2.45, 2.75) is 18.7 Å². The van der Waals surface area contributed by atoms with E-state index in [4.69, 9.17) is 21.1 Å². The maximum atomic E-state index is 12.2. The number of amides is 1. The lowest BCUT2D eigenvalue weighted by Crippen LogP contribution is -2.17. The van der Waals surface area contributed by atoms with Crippen molar-refractivity contribution in [1.82, 2.24) is 15.2 Å². The van der Waals surface area contributed by atoms with E-state index >= 15 is 0 Å². The van der Waals surface area contributed by atoms with E-state index in [0.29, 0.717) is 27.4 Å². The van der Waals surface area contributed by atoms with Gasteiger partial charge in [-0.3, -0.25) is 9.89 Å². The molecule has 3 rings (SSSR count). The van der Waals surface area contributed by atoms with E-state index in [2.05, 4.69) is 20.5 Å². The molecule has 0 radical (unpaired) electrons. The van der Waals surface area contributed by atoms with Crippen LogP contribution in [0.15, 0.2) is 47.6 Å². The summed E-state index contributed by atoms with van der Waals surface area (Å²) in [4.78, 5) is 28.3. The highest BCUT2D eigenvalue weighted by atomic mass is 35.5. The SMILES string of the molecule is COC(=O)c1ccccc1NC(=O)CSc1n[nH]c(COc2ccc(Cl)c(C)c2)n1. The molecule has 0 fully saturated rings. The number of carbonyl (C=O) groups is 2. The highest BCUT2D eigenvalue weighted by molar-refractivity contribution is 7.99. The predicted molar refractivity (Wildman–Crippen MR) is 114 cm³/mol. The van der Waals surface area contributed by atoms with Crippen molar-refractivity contribution in [2.24, 2.45) is 0 Å². The molecule has 1 heterocycles. The van der Waals surface area contributed by atoms with E-state index in [-0.39, 0.29) is 23.8 Å². The van der Waals surface area contributed by atoms with E-state index in [1.54, 1.807) is 36.4 Å². The summed E-state index contributed by atoms with van der Waals surface area (Å²) in [6.07, 6.45) is 0. The number of aromatic amines is 1. The molecule has 0 saturated carbocycles. The highest BCUT2D eigenvalue weighted by Gasteiger charge is 2.14. The van der Waals surface area contributed by atoms with E-state index in [1.807, 2.05) is 13.0 Å². The van der Waals surface area contributed by atoms with Crippen LogP contribution in [-0.2, 0) is 16.1 Å². The van der Waals surface area contributed by atoms with Crippen molar-refractivity contribution in [3.05, 3.63) is 64.4 Å². The molecule has 0 aliphatic heterocycles. The van der Waals surface area contributed by atoms with Gasteiger partial charge in [0, 0.05) is 5.02 Å². The number of ether oxygens (including phenoxy) is 2. The Morgan fingerprint density at radius 2 is 2.03 bits per heavy atom. The number of aryl methyl sites for hydroxylation is 1. The monoisotopic (exact) mass is 446 g/mol. The third kappa shape index (κ3) is 5.74. The summed E-state index contributed by atoms with van der Waals surface area (Å²) < 4.78 is 10.4. The number of esters is 1. The van der Waals surface area contributed by atoms with Gasteiger partial charge < -0.3 is 14.8 Å². The van der Waals surface area contributed by atoms with Gasteiger partial charge in [-0.2, -0.15) is 0 Å². The number of methoxy groups -OCH3 is 1. The molecule has 10 heteroatoms. The molecular weight excluding hydrogens is 428 g/mol. The number of carbonyl (C=O) groups excluding carboxylic acids is 2. The molecular formula is C20H19ClN4O4S. The number of anilines is 1. The van der Waals surface area contributed by atoms with Gasteiger partial charge in [0.25, 0.3) is 0 Å². The third-order valence-electron chi connectivity index (χ3n) is 3.95. The van der Waals surface area contributed by atoms with E-state index in [9.17, 15) is 9.59 Å². The number of halogens is 1. The van der Waals surface area contributed by atoms with Gasteiger partial charge in [-0.1, -0.05) is 35.5 Å². The van der Waals surface area contributed by atoms with Gasteiger partial charge in [0.2, 0.25) is 11.1 Å². The molecule has 1 aromatic heterocycles. The first-order valence-electron chi connectivity index (χ1n) is 8.86. The van der Waals surface area contributed by atoms with Crippen molar-refractivity contribution in [1.29, 1.82) is 0 Å². The molecule has 0 atom stereocenters. The third-order valence-corrected chi connectivity index (χ3v) is 5.23. The molecule has 0 bridgehead atoms. The largest absolute Gasteiger partial charge is 0.486 e. The molecule has 8 nitrogen and oxygen atoms in total. The van der Waals surface area contributed by atoms with Crippen LogP contribution in [-0.4, -0.2) is 39.9 Å². The second-order valence-electron chi connectivity index (χ2n) is 6.14. The lowest BCUT2D eigenvalue weighted by atomic mass is 10.2. The highest BCUT2D eigenvalue weighted by Crippen LogP contribution is 2.22. The topological polar surface area (TPSA) is 106 Å². The first-order valence-corrected chi connectivity index (χ1v) is 10.2. The second-order valence-corrected chi connectivity index (χ2v) is 7.49. The van der Waals surface area contributed by atoms with Gasteiger partial charge in [0.1, 0.15) is 12.4 Å².